The number of pyridine rings is 1. The van der Waals surface area contributed by atoms with Crippen LogP contribution >= 0.6 is 12.4 Å². The Bertz CT molecular complexity index is 1480. The van der Waals surface area contributed by atoms with Crippen LogP contribution in [0.15, 0.2) is 71.9 Å². The van der Waals surface area contributed by atoms with Gasteiger partial charge in [-0.15, -0.1) is 12.4 Å². The Hall–Kier alpha value is -3.96. The van der Waals surface area contributed by atoms with E-state index in [9.17, 15) is 18.0 Å². The van der Waals surface area contributed by atoms with E-state index in [4.69, 9.17) is 20.6 Å². The van der Waals surface area contributed by atoms with Crippen molar-refractivity contribution in [1.29, 1.82) is 5.41 Å². The number of carbonyl (C=O) groups excluding carboxylic acids is 2. The molecule has 2 aromatic carbocycles. The number of hydrogen-bond donors (Lipinski definition) is 2. The molecule has 3 N–H and O–H groups in total. The summed E-state index contributed by atoms with van der Waals surface area (Å²) in [4.78, 5) is 30.9. The number of likely N-dealkylation sites (tertiary alicyclic amines) is 1. The lowest BCUT2D eigenvalue weighted by Crippen LogP contribution is -2.39. The predicted molar refractivity (Wildman–Crippen MR) is 153 cm³/mol. The van der Waals surface area contributed by atoms with Crippen molar-refractivity contribution >= 4 is 40.0 Å². The van der Waals surface area contributed by atoms with Gasteiger partial charge in [-0.1, -0.05) is 30.3 Å². The molecule has 0 saturated carbocycles. The smallest absolute Gasteiger partial charge is 0.305 e. The van der Waals surface area contributed by atoms with Crippen molar-refractivity contribution in [2.45, 2.75) is 23.8 Å². The Morgan fingerprint density at radius 3 is 2.40 bits per heavy atom. The molecule has 2 atom stereocenters. The number of nitrogen functional groups attached to an aromatic ring is 1. The van der Waals surface area contributed by atoms with Crippen LogP contribution in [0.2, 0.25) is 0 Å². The fourth-order valence-corrected chi connectivity index (χ4v) is 5.50. The summed E-state index contributed by atoms with van der Waals surface area (Å²) in [6, 6.07) is 14.8. The number of aromatic nitrogens is 1. The maximum Gasteiger partial charge on any atom is 0.305 e. The highest BCUT2D eigenvalue weighted by atomic mass is 35.5. The second-order valence-electron chi connectivity index (χ2n) is 9.47. The van der Waals surface area contributed by atoms with Crippen LogP contribution in [-0.4, -0.2) is 68.6 Å². The molecule has 1 aliphatic rings. The number of methoxy groups -OCH3 is 1. The molecule has 0 radical (unpaired) electrons. The van der Waals surface area contributed by atoms with Gasteiger partial charge in [-0.3, -0.25) is 20.0 Å². The molecule has 10 nitrogen and oxygen atoms in total. The van der Waals surface area contributed by atoms with E-state index in [0.29, 0.717) is 29.7 Å². The number of esters is 1. The molecule has 1 fully saturated rings. The van der Waals surface area contributed by atoms with E-state index in [2.05, 4.69) is 4.98 Å². The number of carbonyl (C=O) groups is 2. The van der Waals surface area contributed by atoms with Gasteiger partial charge in [0.2, 0.25) is 0 Å². The Kier molecular flexibility index (Phi) is 9.88. The van der Waals surface area contributed by atoms with Gasteiger partial charge in [0, 0.05) is 30.8 Å². The molecule has 0 bridgehead atoms. The third-order valence-electron chi connectivity index (χ3n) is 6.66. The summed E-state index contributed by atoms with van der Waals surface area (Å²) < 4.78 is 36.2. The van der Waals surface area contributed by atoms with Gasteiger partial charge in [-0.05, 0) is 47.7 Å². The van der Waals surface area contributed by atoms with E-state index in [1.54, 1.807) is 65.7 Å². The monoisotopic (exact) mass is 586 g/mol. The normalized spacial score (nSPS) is 16.6. The summed E-state index contributed by atoms with van der Waals surface area (Å²) in [5.74, 6) is -0.606. The maximum atomic E-state index is 13.3. The number of amidine groups is 1. The largest absolute Gasteiger partial charge is 0.490 e. The van der Waals surface area contributed by atoms with Gasteiger partial charge in [0.05, 0.1) is 25.1 Å². The quantitative estimate of drug-likeness (QED) is 0.220. The summed E-state index contributed by atoms with van der Waals surface area (Å²) in [5.41, 5.74) is 7.92. The first-order chi connectivity index (χ1) is 18.6. The first-order valence-corrected chi connectivity index (χ1v) is 14.2. The molecule has 40 heavy (non-hydrogen) atoms. The van der Waals surface area contributed by atoms with Crippen LogP contribution in [-0.2, 0) is 19.4 Å². The minimum Gasteiger partial charge on any atom is -0.490 e. The molecule has 1 saturated heterocycles. The summed E-state index contributed by atoms with van der Waals surface area (Å²) in [7, 11) is -2.34. The number of rotatable bonds is 9. The zero-order valence-corrected chi connectivity index (χ0v) is 23.7. The fraction of sp³-hybridized carbons (Fsp3) is 0.286. The summed E-state index contributed by atoms with van der Waals surface area (Å²) >= 11 is 0. The third-order valence-corrected chi connectivity index (χ3v) is 7.78. The van der Waals surface area contributed by atoms with Crippen LogP contribution in [0.5, 0.6) is 5.75 Å². The lowest BCUT2D eigenvalue weighted by atomic mass is 10.0. The molecule has 0 unspecified atom stereocenters. The topological polar surface area (TPSA) is 153 Å². The van der Waals surface area contributed by atoms with Crippen LogP contribution in [0.4, 0.5) is 0 Å². The highest BCUT2D eigenvalue weighted by Crippen LogP contribution is 2.33. The molecular weight excluding hydrogens is 556 g/mol. The second kappa shape index (κ2) is 12.9. The maximum absolute atomic E-state index is 13.3. The number of ether oxygens (including phenoxy) is 2. The molecule has 0 spiro atoms. The Morgan fingerprint density at radius 1 is 1.10 bits per heavy atom. The van der Waals surface area contributed by atoms with E-state index < -0.39 is 15.9 Å². The second-order valence-corrected chi connectivity index (χ2v) is 11.5. The molecule has 1 amide bonds. The Labute approximate surface area is 239 Å². The highest BCUT2D eigenvalue weighted by Gasteiger charge is 2.37. The van der Waals surface area contributed by atoms with Gasteiger partial charge >= 0.3 is 5.97 Å². The van der Waals surface area contributed by atoms with Crippen LogP contribution in [0.3, 0.4) is 0 Å². The van der Waals surface area contributed by atoms with E-state index in [0.717, 1.165) is 11.8 Å². The van der Waals surface area contributed by atoms with Crippen molar-refractivity contribution in [3.8, 4) is 16.9 Å². The van der Waals surface area contributed by atoms with Gasteiger partial charge in [0.25, 0.3) is 5.91 Å². The fourth-order valence-electron chi connectivity index (χ4n) is 4.67. The number of nitrogens with zero attached hydrogens (tertiary/aromatic N) is 2. The first-order valence-electron chi connectivity index (χ1n) is 12.3. The average Bonchev–Trinajstić information content (AvgIpc) is 3.33. The first kappa shape index (κ1) is 30.6. The predicted octanol–water partition coefficient (Wildman–Crippen LogP) is 3.33. The molecule has 212 valence electrons. The number of benzene rings is 2. The van der Waals surface area contributed by atoms with Gasteiger partial charge in [0.1, 0.15) is 23.1 Å². The van der Waals surface area contributed by atoms with Crippen LogP contribution in [0.25, 0.3) is 11.1 Å². The van der Waals surface area contributed by atoms with Gasteiger partial charge in [0.15, 0.2) is 9.84 Å². The number of sulfone groups is 1. The van der Waals surface area contributed by atoms with E-state index in [-0.39, 0.29) is 59.7 Å². The number of halogens is 1. The van der Waals surface area contributed by atoms with Crippen molar-refractivity contribution in [3.05, 3.63) is 78.1 Å². The molecule has 12 heteroatoms. The SMILES string of the molecule is COC(=O)C[C@@H]1C[C@@H](COc2ccc(-c3ccc(C(=N)N)cc3)cc2S(C)(=O)=O)N(C(=O)c2cccnc2)C1.Cl. The lowest BCUT2D eigenvalue weighted by molar-refractivity contribution is -0.141. The number of amides is 1. The van der Waals surface area contributed by atoms with Crippen LogP contribution < -0.4 is 10.5 Å². The molecule has 2 heterocycles. The highest BCUT2D eigenvalue weighted by molar-refractivity contribution is 7.90. The van der Waals surface area contributed by atoms with Crippen molar-refractivity contribution in [3.63, 3.8) is 0 Å². The minimum atomic E-state index is -3.66. The minimum absolute atomic E-state index is 0. The van der Waals surface area contributed by atoms with Crippen molar-refractivity contribution in [1.82, 2.24) is 9.88 Å². The standard InChI is InChI=1S/C28H30N4O6S.ClH/c1-37-26(33)13-18-12-23(32(16-18)28(34)22-4-3-11-31-15-22)17-38-24-10-9-21(14-25(24)39(2,35)36)19-5-7-20(8-6-19)27(29)30;/h3-11,14-15,18,23H,12-13,16-17H2,1-2H3,(H3,29,30);1H/t18-,23-;/m0./s1. The Morgan fingerprint density at radius 2 is 1.80 bits per heavy atom. The van der Waals surface area contributed by atoms with E-state index in [1.165, 1.54) is 13.3 Å². The average molecular weight is 587 g/mol. The number of nitrogens with one attached hydrogen (secondary N) is 1. The molecule has 1 aliphatic heterocycles. The molecule has 4 rings (SSSR count). The van der Waals surface area contributed by atoms with Crippen LogP contribution in [0.1, 0.15) is 28.8 Å². The van der Waals surface area contributed by atoms with E-state index in [1.807, 2.05) is 0 Å². The van der Waals surface area contributed by atoms with E-state index >= 15 is 0 Å². The zero-order valence-electron chi connectivity index (χ0n) is 22.1. The van der Waals surface area contributed by atoms with Crippen molar-refractivity contribution in [2.75, 3.05) is 26.5 Å². The van der Waals surface area contributed by atoms with Gasteiger partial charge in [-0.2, -0.15) is 0 Å². The molecule has 0 aliphatic carbocycles. The van der Waals surface area contributed by atoms with Crippen molar-refractivity contribution < 1.29 is 27.5 Å². The number of nitrogens with two attached hydrogens (primary N) is 1. The summed E-state index contributed by atoms with van der Waals surface area (Å²) in [5, 5.41) is 7.55. The van der Waals surface area contributed by atoms with Crippen LogP contribution in [0, 0.1) is 11.3 Å². The van der Waals surface area contributed by atoms with Gasteiger partial charge < -0.3 is 20.1 Å². The molecule has 1 aromatic heterocycles. The summed E-state index contributed by atoms with van der Waals surface area (Å²) in [6.45, 7) is 0.379. The molecule has 3 aromatic rings. The van der Waals surface area contributed by atoms with Gasteiger partial charge in [-0.25, -0.2) is 8.42 Å². The zero-order chi connectivity index (χ0) is 28.2. The Balaban J connectivity index is 0.00000441. The lowest BCUT2D eigenvalue weighted by Gasteiger charge is -2.25. The third kappa shape index (κ3) is 7.16. The molecular formula is C28H31ClN4O6S. The summed E-state index contributed by atoms with van der Waals surface area (Å²) in [6.07, 6.45) is 4.83. The van der Waals surface area contributed by atoms with Crippen molar-refractivity contribution in [2.24, 2.45) is 11.7 Å². The number of hydrogen-bond acceptors (Lipinski definition) is 8.